The largest absolute Gasteiger partial charge is 0.354 e. The molecule has 0 aliphatic heterocycles. The molecule has 0 bridgehead atoms. The Morgan fingerprint density at radius 3 is 2.38 bits per heavy atom. The average Bonchev–Trinajstić information content (AvgIpc) is 3.17. The van der Waals surface area contributed by atoms with Gasteiger partial charge in [-0.15, -0.1) is 12.4 Å². The van der Waals surface area contributed by atoms with Crippen molar-refractivity contribution in [3.05, 3.63) is 34.9 Å². The third-order valence-electron chi connectivity index (χ3n) is 3.97. The highest BCUT2D eigenvalue weighted by atomic mass is 35.5. The molecule has 0 heterocycles. The second-order valence-corrected chi connectivity index (χ2v) is 6.68. The van der Waals surface area contributed by atoms with Crippen LogP contribution in [0.1, 0.15) is 38.7 Å². The summed E-state index contributed by atoms with van der Waals surface area (Å²) in [5, 5.41) is 3.75. The van der Waals surface area contributed by atoms with Crippen molar-refractivity contribution >= 4 is 29.9 Å². The van der Waals surface area contributed by atoms with Gasteiger partial charge in [-0.05, 0) is 42.9 Å². The monoisotopic (exact) mass is 330 g/mol. The third-order valence-corrected chi connectivity index (χ3v) is 4.23. The number of hydrogen-bond acceptors (Lipinski definition) is 2. The molecule has 21 heavy (non-hydrogen) atoms. The smallest absolute Gasteiger partial charge is 0.236 e. The molecule has 0 saturated heterocycles. The molecule has 0 unspecified atom stereocenters. The van der Waals surface area contributed by atoms with Crippen LogP contribution in [0.5, 0.6) is 0 Å². The number of hydrogen-bond donors (Lipinski definition) is 2. The Morgan fingerprint density at radius 2 is 1.90 bits per heavy atom. The number of rotatable bonds is 6. The van der Waals surface area contributed by atoms with Crippen LogP contribution in [-0.2, 0) is 10.2 Å². The number of nitrogens with one attached hydrogen (secondary N) is 1. The highest BCUT2D eigenvalue weighted by molar-refractivity contribution is 6.30. The van der Waals surface area contributed by atoms with E-state index in [0.29, 0.717) is 12.5 Å². The van der Waals surface area contributed by atoms with Crippen molar-refractivity contribution in [1.29, 1.82) is 0 Å². The first kappa shape index (κ1) is 18.3. The van der Waals surface area contributed by atoms with Crippen LogP contribution in [0.15, 0.2) is 24.3 Å². The van der Waals surface area contributed by atoms with E-state index in [2.05, 4.69) is 31.3 Å². The highest BCUT2D eigenvalue weighted by Crippen LogP contribution is 2.47. The summed E-state index contributed by atoms with van der Waals surface area (Å²) >= 11 is 5.91. The number of amides is 1. The number of carbonyl (C=O) groups excluding carboxylic acids is 1. The molecule has 1 saturated carbocycles. The minimum atomic E-state index is -0.406. The van der Waals surface area contributed by atoms with Crippen molar-refractivity contribution in [1.82, 2.24) is 5.32 Å². The van der Waals surface area contributed by atoms with Crippen LogP contribution in [0, 0.1) is 5.92 Å². The molecular weight excluding hydrogens is 307 g/mol. The van der Waals surface area contributed by atoms with Crippen LogP contribution in [0.3, 0.4) is 0 Å². The fourth-order valence-electron chi connectivity index (χ4n) is 2.52. The molecule has 0 spiro atoms. The topological polar surface area (TPSA) is 55.1 Å². The lowest BCUT2D eigenvalue weighted by atomic mass is 9.95. The Hall–Kier alpha value is -0.770. The van der Waals surface area contributed by atoms with E-state index in [-0.39, 0.29) is 23.7 Å². The van der Waals surface area contributed by atoms with E-state index < -0.39 is 6.04 Å². The van der Waals surface area contributed by atoms with Gasteiger partial charge in [0.2, 0.25) is 5.91 Å². The molecule has 0 aromatic heterocycles. The van der Waals surface area contributed by atoms with Gasteiger partial charge in [-0.25, -0.2) is 0 Å². The SMILES string of the molecule is CC(C)C[C@H](N)C(=O)NCC1(c2ccc(Cl)cc2)CC1.Cl. The Kier molecular flexibility index (Phi) is 6.51. The molecule has 1 aliphatic carbocycles. The lowest BCUT2D eigenvalue weighted by molar-refractivity contribution is -0.122. The van der Waals surface area contributed by atoms with Gasteiger partial charge in [0.1, 0.15) is 0 Å². The Balaban J connectivity index is 0.00000220. The lowest BCUT2D eigenvalue weighted by Gasteiger charge is -2.19. The van der Waals surface area contributed by atoms with Gasteiger partial charge in [-0.2, -0.15) is 0 Å². The predicted molar refractivity (Wildman–Crippen MR) is 90.1 cm³/mol. The summed E-state index contributed by atoms with van der Waals surface area (Å²) in [6.07, 6.45) is 2.93. The molecule has 3 nitrogen and oxygen atoms in total. The predicted octanol–water partition coefficient (Wildman–Crippen LogP) is 3.28. The van der Waals surface area contributed by atoms with Crippen molar-refractivity contribution in [3.63, 3.8) is 0 Å². The molecule has 1 atom stereocenters. The molecular formula is C16H24Cl2N2O. The number of carbonyl (C=O) groups is 1. The van der Waals surface area contributed by atoms with E-state index in [4.69, 9.17) is 17.3 Å². The van der Waals surface area contributed by atoms with Gasteiger partial charge >= 0.3 is 0 Å². The normalized spacial score (nSPS) is 17.0. The summed E-state index contributed by atoms with van der Waals surface area (Å²) in [6, 6.07) is 7.51. The van der Waals surface area contributed by atoms with Crippen LogP contribution >= 0.6 is 24.0 Å². The van der Waals surface area contributed by atoms with E-state index in [1.165, 1.54) is 5.56 Å². The Labute approximate surface area is 138 Å². The van der Waals surface area contributed by atoms with Crippen LogP contribution in [0.2, 0.25) is 5.02 Å². The highest BCUT2D eigenvalue weighted by Gasteiger charge is 2.44. The number of nitrogens with two attached hydrogens (primary N) is 1. The maximum absolute atomic E-state index is 12.0. The van der Waals surface area contributed by atoms with Crippen molar-refractivity contribution in [2.75, 3.05) is 6.54 Å². The minimum absolute atomic E-state index is 0. The molecule has 1 aliphatic rings. The van der Waals surface area contributed by atoms with E-state index in [1.807, 2.05) is 12.1 Å². The molecule has 1 aromatic rings. The molecule has 1 aromatic carbocycles. The molecule has 118 valence electrons. The summed E-state index contributed by atoms with van der Waals surface area (Å²) in [7, 11) is 0. The summed E-state index contributed by atoms with van der Waals surface area (Å²) in [4.78, 5) is 12.0. The van der Waals surface area contributed by atoms with Gasteiger partial charge in [0.05, 0.1) is 6.04 Å². The van der Waals surface area contributed by atoms with Crippen molar-refractivity contribution in [2.24, 2.45) is 11.7 Å². The zero-order valence-electron chi connectivity index (χ0n) is 12.6. The van der Waals surface area contributed by atoms with Crippen molar-refractivity contribution < 1.29 is 4.79 Å². The molecule has 0 radical (unpaired) electrons. The maximum atomic E-state index is 12.0. The second kappa shape index (κ2) is 7.48. The van der Waals surface area contributed by atoms with Gasteiger partial charge in [0.15, 0.2) is 0 Å². The van der Waals surface area contributed by atoms with E-state index >= 15 is 0 Å². The zero-order valence-corrected chi connectivity index (χ0v) is 14.1. The Morgan fingerprint density at radius 1 is 1.33 bits per heavy atom. The number of benzene rings is 1. The third kappa shape index (κ3) is 4.87. The van der Waals surface area contributed by atoms with Gasteiger partial charge in [-0.1, -0.05) is 37.6 Å². The standard InChI is InChI=1S/C16H23ClN2O.ClH/c1-11(2)9-14(18)15(20)19-10-16(7-8-16)12-3-5-13(17)6-4-12;/h3-6,11,14H,7-10,18H2,1-2H3,(H,19,20);1H/t14-;/m0./s1. The van der Waals surface area contributed by atoms with Crippen LogP contribution in [0.4, 0.5) is 0 Å². The lowest BCUT2D eigenvalue weighted by Crippen LogP contribution is -2.44. The molecule has 1 amide bonds. The summed E-state index contributed by atoms with van der Waals surface area (Å²) in [5.74, 6) is 0.390. The summed E-state index contributed by atoms with van der Waals surface area (Å²) < 4.78 is 0. The minimum Gasteiger partial charge on any atom is -0.354 e. The quantitative estimate of drug-likeness (QED) is 0.840. The number of halogens is 2. The van der Waals surface area contributed by atoms with E-state index in [0.717, 1.165) is 24.3 Å². The molecule has 1 fully saturated rings. The van der Waals surface area contributed by atoms with Gasteiger partial charge < -0.3 is 11.1 Å². The second-order valence-electron chi connectivity index (χ2n) is 6.24. The summed E-state index contributed by atoms with van der Waals surface area (Å²) in [6.45, 7) is 4.81. The average molecular weight is 331 g/mol. The zero-order chi connectivity index (χ0) is 14.8. The first-order valence-electron chi connectivity index (χ1n) is 7.22. The Bertz CT molecular complexity index is 470. The van der Waals surface area contributed by atoms with Crippen LogP contribution in [-0.4, -0.2) is 18.5 Å². The fourth-order valence-corrected chi connectivity index (χ4v) is 2.65. The fraction of sp³-hybridized carbons (Fsp3) is 0.562. The van der Waals surface area contributed by atoms with Crippen LogP contribution in [0.25, 0.3) is 0 Å². The van der Waals surface area contributed by atoms with Crippen LogP contribution < -0.4 is 11.1 Å². The van der Waals surface area contributed by atoms with E-state index in [9.17, 15) is 4.79 Å². The van der Waals surface area contributed by atoms with E-state index in [1.54, 1.807) is 0 Å². The van der Waals surface area contributed by atoms with Gasteiger partial charge in [0.25, 0.3) is 0 Å². The molecule has 3 N–H and O–H groups in total. The van der Waals surface area contributed by atoms with Gasteiger partial charge in [-0.3, -0.25) is 4.79 Å². The van der Waals surface area contributed by atoms with Crippen molar-refractivity contribution in [2.45, 2.75) is 44.6 Å². The first-order valence-corrected chi connectivity index (χ1v) is 7.60. The molecule has 2 rings (SSSR count). The maximum Gasteiger partial charge on any atom is 0.236 e. The molecule has 5 heteroatoms. The van der Waals surface area contributed by atoms with Gasteiger partial charge in [0, 0.05) is 17.0 Å². The first-order chi connectivity index (χ1) is 9.43. The van der Waals surface area contributed by atoms with Crippen molar-refractivity contribution in [3.8, 4) is 0 Å². The summed E-state index contributed by atoms with van der Waals surface area (Å²) in [5.41, 5.74) is 7.24.